The van der Waals surface area contributed by atoms with Crippen LogP contribution in [0.1, 0.15) is 37.0 Å². The van der Waals surface area contributed by atoms with Gasteiger partial charge in [0.05, 0.1) is 18.7 Å². The normalized spacial score (nSPS) is 22.8. The summed E-state index contributed by atoms with van der Waals surface area (Å²) in [5.74, 6) is -0.0217. The highest BCUT2D eigenvalue weighted by molar-refractivity contribution is 9.12. The Hall–Kier alpha value is 0.0900. The maximum Gasteiger partial charge on any atom is 0.253 e. The van der Waals surface area contributed by atoms with Crippen molar-refractivity contribution in [1.29, 1.82) is 0 Å². The SMILES string of the molecule is CC1(C)CC(NC(=O)c2cc(Br)sc2Br)CCO1. The average molecular weight is 397 g/mol. The Kier molecular flexibility index (Phi) is 4.52. The number of carbonyl (C=O) groups is 1. The van der Waals surface area contributed by atoms with E-state index in [4.69, 9.17) is 4.74 Å². The van der Waals surface area contributed by atoms with E-state index < -0.39 is 0 Å². The number of hydrogen-bond donors (Lipinski definition) is 1. The highest BCUT2D eigenvalue weighted by Gasteiger charge is 2.30. The molecule has 1 fully saturated rings. The van der Waals surface area contributed by atoms with Crippen LogP contribution in [0.25, 0.3) is 0 Å². The lowest BCUT2D eigenvalue weighted by atomic mass is 9.94. The van der Waals surface area contributed by atoms with Crippen LogP contribution in [-0.2, 0) is 4.74 Å². The number of ether oxygens (including phenoxy) is 1. The summed E-state index contributed by atoms with van der Waals surface area (Å²) in [4.78, 5) is 12.2. The second kappa shape index (κ2) is 5.61. The van der Waals surface area contributed by atoms with Gasteiger partial charge in [0, 0.05) is 12.6 Å². The third kappa shape index (κ3) is 3.56. The van der Waals surface area contributed by atoms with Crippen LogP contribution in [0.3, 0.4) is 0 Å². The smallest absolute Gasteiger partial charge is 0.253 e. The zero-order valence-corrected chi connectivity index (χ0v) is 14.2. The minimum absolute atomic E-state index is 0.0217. The Morgan fingerprint density at radius 3 is 2.83 bits per heavy atom. The summed E-state index contributed by atoms with van der Waals surface area (Å²) in [6.07, 6.45) is 1.72. The predicted molar refractivity (Wildman–Crippen MR) is 80.2 cm³/mol. The first-order valence-corrected chi connectivity index (χ1v) is 8.17. The number of hydrogen-bond acceptors (Lipinski definition) is 3. The van der Waals surface area contributed by atoms with Gasteiger partial charge >= 0.3 is 0 Å². The van der Waals surface area contributed by atoms with E-state index in [-0.39, 0.29) is 17.6 Å². The fraction of sp³-hybridized carbons (Fsp3) is 0.583. The van der Waals surface area contributed by atoms with Crippen molar-refractivity contribution in [3.8, 4) is 0 Å². The highest BCUT2D eigenvalue weighted by atomic mass is 79.9. The van der Waals surface area contributed by atoms with E-state index in [9.17, 15) is 4.79 Å². The maximum atomic E-state index is 12.2. The number of amides is 1. The number of carbonyl (C=O) groups excluding carboxylic acids is 1. The van der Waals surface area contributed by atoms with E-state index in [1.807, 2.05) is 6.07 Å². The van der Waals surface area contributed by atoms with Crippen molar-refractivity contribution in [1.82, 2.24) is 5.32 Å². The minimum Gasteiger partial charge on any atom is -0.375 e. The average Bonchev–Trinajstić information content (AvgIpc) is 2.56. The molecule has 100 valence electrons. The zero-order chi connectivity index (χ0) is 13.3. The standard InChI is InChI=1S/C12H15Br2NO2S/c1-12(2)6-7(3-4-17-12)15-11(16)8-5-9(13)18-10(8)14/h5,7H,3-4,6H2,1-2H3,(H,15,16). The molecule has 2 heterocycles. The summed E-state index contributed by atoms with van der Waals surface area (Å²) in [6, 6.07) is 2.03. The third-order valence-electron chi connectivity index (χ3n) is 2.93. The molecule has 6 heteroatoms. The van der Waals surface area contributed by atoms with E-state index in [1.165, 1.54) is 11.3 Å². The van der Waals surface area contributed by atoms with E-state index in [1.54, 1.807) is 0 Å². The maximum absolute atomic E-state index is 12.2. The molecule has 3 nitrogen and oxygen atoms in total. The van der Waals surface area contributed by atoms with Crippen molar-refractivity contribution >= 4 is 49.1 Å². The summed E-state index contributed by atoms with van der Waals surface area (Å²) in [5.41, 5.74) is 0.541. The van der Waals surface area contributed by atoms with E-state index >= 15 is 0 Å². The van der Waals surface area contributed by atoms with Gasteiger partial charge in [-0.15, -0.1) is 11.3 Å². The second-order valence-corrected chi connectivity index (χ2v) is 8.76. The Balaban J connectivity index is 2.01. The molecule has 1 aromatic rings. The van der Waals surface area contributed by atoms with Crippen molar-refractivity contribution < 1.29 is 9.53 Å². The highest BCUT2D eigenvalue weighted by Crippen LogP contribution is 2.32. The molecule has 1 aliphatic heterocycles. The van der Waals surface area contributed by atoms with Crippen LogP contribution >= 0.6 is 43.2 Å². The van der Waals surface area contributed by atoms with Gasteiger partial charge in [-0.2, -0.15) is 0 Å². The lowest BCUT2D eigenvalue weighted by Crippen LogP contribution is -2.45. The first-order valence-electron chi connectivity index (χ1n) is 5.77. The van der Waals surface area contributed by atoms with E-state index in [0.717, 1.165) is 20.4 Å². The minimum atomic E-state index is -0.150. The van der Waals surface area contributed by atoms with Crippen molar-refractivity contribution in [3.05, 3.63) is 19.2 Å². The van der Waals surface area contributed by atoms with Crippen LogP contribution < -0.4 is 5.32 Å². The molecule has 1 saturated heterocycles. The monoisotopic (exact) mass is 395 g/mol. The molecule has 0 spiro atoms. The largest absolute Gasteiger partial charge is 0.375 e. The Labute approximate surface area is 128 Å². The van der Waals surface area contributed by atoms with Gasteiger partial charge < -0.3 is 10.1 Å². The molecule has 0 saturated carbocycles. The van der Waals surface area contributed by atoms with Crippen molar-refractivity contribution in [2.24, 2.45) is 0 Å². The molecule has 1 unspecified atom stereocenters. The molecule has 0 aliphatic carbocycles. The molecule has 2 rings (SSSR count). The zero-order valence-electron chi connectivity index (χ0n) is 10.3. The molecule has 1 aliphatic rings. The van der Waals surface area contributed by atoms with Crippen LogP contribution in [0.5, 0.6) is 0 Å². The summed E-state index contributed by atoms with van der Waals surface area (Å²) in [7, 11) is 0. The number of nitrogens with one attached hydrogen (secondary N) is 1. The first-order chi connectivity index (χ1) is 8.37. The van der Waals surface area contributed by atoms with Gasteiger partial charge in [-0.05, 0) is 64.6 Å². The van der Waals surface area contributed by atoms with Crippen LogP contribution in [0.4, 0.5) is 0 Å². The van der Waals surface area contributed by atoms with Crippen molar-refractivity contribution in [2.45, 2.75) is 38.3 Å². The quantitative estimate of drug-likeness (QED) is 0.821. The lowest BCUT2D eigenvalue weighted by molar-refractivity contribution is -0.0615. The molecule has 1 amide bonds. The van der Waals surface area contributed by atoms with Crippen LogP contribution in [-0.4, -0.2) is 24.2 Å². The fourth-order valence-electron chi connectivity index (χ4n) is 2.11. The van der Waals surface area contributed by atoms with Gasteiger partial charge in [-0.1, -0.05) is 0 Å². The molecule has 0 radical (unpaired) electrons. The van der Waals surface area contributed by atoms with Gasteiger partial charge in [0.1, 0.15) is 0 Å². The van der Waals surface area contributed by atoms with Gasteiger partial charge in [0.25, 0.3) is 5.91 Å². The number of thiophene rings is 1. The number of rotatable bonds is 2. The summed E-state index contributed by atoms with van der Waals surface area (Å²) in [6.45, 7) is 4.82. The molecule has 0 aromatic carbocycles. The summed E-state index contributed by atoms with van der Waals surface area (Å²) in [5, 5.41) is 3.08. The first kappa shape index (κ1) is 14.5. The molecule has 0 bridgehead atoms. The summed E-state index contributed by atoms with van der Waals surface area (Å²) < 4.78 is 7.45. The van der Waals surface area contributed by atoms with Crippen molar-refractivity contribution in [3.63, 3.8) is 0 Å². The molecular weight excluding hydrogens is 382 g/mol. The third-order valence-corrected chi connectivity index (χ3v) is 5.27. The van der Waals surface area contributed by atoms with Crippen molar-refractivity contribution in [2.75, 3.05) is 6.61 Å². The van der Waals surface area contributed by atoms with Crippen LogP contribution in [0.2, 0.25) is 0 Å². The Morgan fingerprint density at radius 1 is 1.56 bits per heavy atom. The molecule has 1 atom stereocenters. The van der Waals surface area contributed by atoms with Gasteiger partial charge in [-0.25, -0.2) is 0 Å². The molecule has 1 aromatic heterocycles. The topological polar surface area (TPSA) is 38.3 Å². The lowest BCUT2D eigenvalue weighted by Gasteiger charge is -2.35. The molecular formula is C12H15Br2NO2S. The molecule has 1 N–H and O–H groups in total. The van der Waals surface area contributed by atoms with E-state index in [0.29, 0.717) is 12.2 Å². The Bertz CT molecular complexity index is 459. The summed E-state index contributed by atoms with van der Waals surface area (Å²) >= 11 is 8.30. The predicted octanol–water partition coefficient (Wildman–Crippen LogP) is 3.96. The van der Waals surface area contributed by atoms with Gasteiger partial charge in [0.15, 0.2) is 0 Å². The van der Waals surface area contributed by atoms with E-state index in [2.05, 4.69) is 51.0 Å². The second-order valence-electron chi connectivity index (χ2n) is 5.01. The fourth-order valence-corrected chi connectivity index (χ4v) is 4.91. The van der Waals surface area contributed by atoms with Gasteiger partial charge in [-0.3, -0.25) is 4.79 Å². The van der Waals surface area contributed by atoms with Crippen LogP contribution in [0.15, 0.2) is 13.6 Å². The van der Waals surface area contributed by atoms with Gasteiger partial charge in [0.2, 0.25) is 0 Å². The van der Waals surface area contributed by atoms with Crippen LogP contribution in [0, 0.1) is 0 Å². The Morgan fingerprint density at radius 2 is 2.28 bits per heavy atom. The molecule has 18 heavy (non-hydrogen) atoms. The number of halogens is 2.